The van der Waals surface area contributed by atoms with E-state index in [4.69, 9.17) is 0 Å². The molecule has 4 aromatic carbocycles. The van der Waals surface area contributed by atoms with Gasteiger partial charge in [0.05, 0.1) is 0 Å². The fourth-order valence-electron chi connectivity index (χ4n) is 6.58. The van der Waals surface area contributed by atoms with Gasteiger partial charge < -0.3 is 30.3 Å². The number of benzene rings is 2. The zero-order chi connectivity index (χ0) is 25.8. The van der Waals surface area contributed by atoms with E-state index in [1.165, 1.54) is 70.4 Å². The van der Waals surface area contributed by atoms with Crippen LogP contribution in [0.15, 0.2) is 115 Å². The quantitative estimate of drug-likeness (QED) is 0.108. The van der Waals surface area contributed by atoms with E-state index in [9.17, 15) is 0 Å². The summed E-state index contributed by atoms with van der Waals surface area (Å²) in [5.41, 5.74) is 4.25. The molecule has 6 rings (SSSR count). The molecular weight excluding hydrogens is 550 g/mol. The van der Waals surface area contributed by atoms with Crippen molar-refractivity contribution in [3.63, 3.8) is 0 Å². The second-order valence-corrected chi connectivity index (χ2v) is 16.3. The molecule has 0 aromatic heterocycles. The van der Waals surface area contributed by atoms with Crippen LogP contribution in [0.1, 0.15) is 75.4 Å². The maximum atomic E-state index is 2.43. The maximum absolute atomic E-state index is 2.43. The van der Waals surface area contributed by atoms with E-state index < -0.39 is 7.92 Å². The average Bonchev–Trinajstić information content (AvgIpc) is 3.75. The molecule has 0 radical (unpaired) electrons. The summed E-state index contributed by atoms with van der Waals surface area (Å²) in [5, 5.41) is 3.10. The second-order valence-electron chi connectivity index (χ2n) is 11.0. The molecule has 1 atom stereocenters. The van der Waals surface area contributed by atoms with Crippen LogP contribution >= 0.6 is 15.8 Å². The molecule has 0 bridgehead atoms. The molecule has 39 heavy (non-hydrogen) atoms. The first-order chi connectivity index (χ1) is 18.9. The van der Waals surface area contributed by atoms with Gasteiger partial charge in [-0.05, 0) is 67.4 Å². The van der Waals surface area contributed by atoms with Crippen molar-refractivity contribution >= 4 is 26.5 Å². The van der Waals surface area contributed by atoms with Gasteiger partial charge in [-0.3, -0.25) is 0 Å². The van der Waals surface area contributed by atoms with Crippen LogP contribution in [0.3, 0.4) is 0 Å². The smallest absolute Gasteiger partial charge is 0 e. The van der Waals surface area contributed by atoms with Gasteiger partial charge in [-0.2, -0.15) is 12.1 Å². The molecule has 1 unspecified atom stereocenters. The Kier molecular flexibility index (Phi) is 13.1. The Labute approximate surface area is 250 Å². The molecule has 2 aliphatic rings. The van der Waals surface area contributed by atoms with Crippen molar-refractivity contribution in [3.05, 3.63) is 121 Å². The Hall–Kier alpha value is -1.48. The van der Waals surface area contributed by atoms with E-state index in [1.54, 1.807) is 16.2 Å². The summed E-state index contributed by atoms with van der Waals surface area (Å²) in [6, 6.07) is 42.4. The minimum absolute atomic E-state index is 0. The standard InChI is InChI=1S/C31H39P2.C5H5.Fe/c1-5-17-27(18-6-1)32(28-19-7-2-8-20-28)25-31(26-15-13-14-16-26)33(29-21-9-3-10-22-29)30-23-11-4-12-24-30;1-2-4-5-3-1;/h3-4,9-16,21-24,27-28,31H,1-2,5-8,17-20,25H2;1-5H;/q-1;-5;. The molecule has 212 valence electrons. The van der Waals surface area contributed by atoms with Gasteiger partial charge in [0.25, 0.3) is 0 Å². The Morgan fingerprint density at radius 1 is 0.590 bits per heavy atom. The van der Waals surface area contributed by atoms with Gasteiger partial charge >= 0.3 is 0 Å². The van der Waals surface area contributed by atoms with E-state index in [-0.39, 0.29) is 25.0 Å². The average molecular weight is 595 g/mol. The summed E-state index contributed by atoms with van der Waals surface area (Å²) in [4.78, 5) is 0. The summed E-state index contributed by atoms with van der Waals surface area (Å²) in [6.45, 7) is 0. The summed E-state index contributed by atoms with van der Waals surface area (Å²) >= 11 is 0. The topological polar surface area (TPSA) is 0 Å². The molecule has 2 fully saturated rings. The normalized spacial score (nSPS) is 17.3. The van der Waals surface area contributed by atoms with Gasteiger partial charge in [0.2, 0.25) is 0 Å². The van der Waals surface area contributed by atoms with Crippen molar-refractivity contribution in [2.24, 2.45) is 0 Å². The molecule has 0 N–H and O–H groups in total. The van der Waals surface area contributed by atoms with Gasteiger partial charge in [-0.15, -0.1) is 13.5 Å². The SMILES string of the molecule is [Fe].[cH-]1[cH-][cH-][cH-][cH-]1.c1ccc(P(c2ccccc2)C(CP(C2CCCCC2)C2CCCCC2)[c-]2cccc2)cc1. The van der Waals surface area contributed by atoms with Gasteiger partial charge in [0.15, 0.2) is 0 Å². The number of rotatable bonds is 8. The number of hydrogen-bond acceptors (Lipinski definition) is 0. The first-order valence-corrected chi connectivity index (χ1v) is 18.0. The molecule has 0 spiro atoms. The minimum atomic E-state index is -0.423. The van der Waals surface area contributed by atoms with Crippen molar-refractivity contribution in [1.82, 2.24) is 0 Å². The van der Waals surface area contributed by atoms with Crippen molar-refractivity contribution in [3.8, 4) is 0 Å². The van der Waals surface area contributed by atoms with E-state index in [0.717, 1.165) is 11.3 Å². The molecule has 2 saturated carbocycles. The summed E-state index contributed by atoms with van der Waals surface area (Å²) in [6.07, 6.45) is 16.3. The monoisotopic (exact) mass is 594 g/mol. The van der Waals surface area contributed by atoms with Crippen molar-refractivity contribution in [2.45, 2.75) is 81.2 Å². The van der Waals surface area contributed by atoms with Crippen LogP contribution in [-0.4, -0.2) is 17.5 Å². The second kappa shape index (κ2) is 16.7. The van der Waals surface area contributed by atoms with Crippen molar-refractivity contribution < 1.29 is 17.1 Å². The van der Waals surface area contributed by atoms with Crippen LogP contribution in [0.5, 0.6) is 0 Å². The molecule has 0 aliphatic heterocycles. The van der Waals surface area contributed by atoms with Crippen LogP contribution in [-0.2, 0) is 17.1 Å². The predicted molar refractivity (Wildman–Crippen MR) is 171 cm³/mol. The Balaban J connectivity index is 0.000000530. The Bertz CT molecular complexity index is 1040. The van der Waals surface area contributed by atoms with E-state index in [2.05, 4.69) is 84.9 Å². The third-order valence-electron chi connectivity index (χ3n) is 8.48. The van der Waals surface area contributed by atoms with Gasteiger partial charge in [0.1, 0.15) is 0 Å². The number of hydrogen-bond donors (Lipinski definition) is 0. The first-order valence-electron chi connectivity index (χ1n) is 14.9. The summed E-state index contributed by atoms with van der Waals surface area (Å²) < 4.78 is 0. The minimum Gasteiger partial charge on any atom is -0.748 e. The summed E-state index contributed by atoms with van der Waals surface area (Å²) in [5.74, 6) is 0. The zero-order valence-electron chi connectivity index (χ0n) is 23.2. The fraction of sp³-hybridized carbons (Fsp3) is 0.389. The molecule has 0 heterocycles. The first kappa shape index (κ1) is 30.5. The van der Waals surface area contributed by atoms with Crippen LogP contribution in [0.4, 0.5) is 0 Å². The molecule has 0 amide bonds. The van der Waals surface area contributed by atoms with Crippen molar-refractivity contribution in [1.29, 1.82) is 0 Å². The largest absolute Gasteiger partial charge is 0.748 e. The Morgan fingerprint density at radius 2 is 1.00 bits per heavy atom. The fourth-order valence-corrected chi connectivity index (χ4v) is 14.1. The zero-order valence-corrected chi connectivity index (χ0v) is 26.1. The molecule has 2 aliphatic carbocycles. The maximum Gasteiger partial charge on any atom is 0 e. The van der Waals surface area contributed by atoms with E-state index >= 15 is 0 Å². The van der Waals surface area contributed by atoms with Crippen LogP contribution < -0.4 is 10.6 Å². The molecular formula is C36H44FeP2-6. The van der Waals surface area contributed by atoms with Gasteiger partial charge in [0, 0.05) is 17.1 Å². The van der Waals surface area contributed by atoms with Crippen LogP contribution in [0.25, 0.3) is 0 Å². The predicted octanol–water partition coefficient (Wildman–Crippen LogP) is 10.1. The molecule has 4 aromatic rings. The van der Waals surface area contributed by atoms with Gasteiger partial charge in [-0.25, -0.2) is 12.1 Å². The third-order valence-corrected chi connectivity index (χ3v) is 15.3. The Morgan fingerprint density at radius 3 is 1.41 bits per heavy atom. The molecule has 3 heteroatoms. The third kappa shape index (κ3) is 8.75. The van der Waals surface area contributed by atoms with Crippen molar-refractivity contribution in [2.75, 3.05) is 6.16 Å². The van der Waals surface area contributed by atoms with E-state index in [1.807, 2.05) is 30.3 Å². The van der Waals surface area contributed by atoms with E-state index in [0.29, 0.717) is 5.66 Å². The molecule has 0 saturated heterocycles. The van der Waals surface area contributed by atoms with Gasteiger partial charge in [-0.1, -0.05) is 99.2 Å². The van der Waals surface area contributed by atoms with Crippen LogP contribution in [0, 0.1) is 0 Å². The molecule has 0 nitrogen and oxygen atoms in total. The van der Waals surface area contributed by atoms with Crippen LogP contribution in [0.2, 0.25) is 0 Å². The summed E-state index contributed by atoms with van der Waals surface area (Å²) in [7, 11) is -0.361.